The molecule has 2 heterocycles. The summed E-state index contributed by atoms with van der Waals surface area (Å²) in [4.78, 5) is 2.37. The summed E-state index contributed by atoms with van der Waals surface area (Å²) in [5.41, 5.74) is 0.939. The minimum atomic E-state index is -0.508. The second-order valence-electron chi connectivity index (χ2n) is 7.37. The Labute approximate surface area is 143 Å². The van der Waals surface area contributed by atoms with Gasteiger partial charge in [-0.2, -0.15) is 11.8 Å². The largest absolute Gasteiger partial charge is 0.494 e. The van der Waals surface area contributed by atoms with E-state index in [1.165, 1.54) is 6.07 Å². The molecule has 0 amide bonds. The van der Waals surface area contributed by atoms with Crippen molar-refractivity contribution in [2.75, 3.05) is 24.6 Å². The first-order valence-corrected chi connectivity index (χ1v) is 9.37. The quantitative estimate of drug-likeness (QED) is 0.791. The highest BCUT2D eigenvalue weighted by Crippen LogP contribution is 2.36. The highest BCUT2D eigenvalue weighted by Gasteiger charge is 2.51. The lowest BCUT2D eigenvalue weighted by atomic mass is 9.78. The zero-order valence-electron chi connectivity index (χ0n) is 14.4. The minimum absolute atomic E-state index is 0.224. The van der Waals surface area contributed by atoms with Crippen LogP contribution < -0.4 is 5.46 Å². The number of thioether (sulfide) groups is 1. The predicted molar refractivity (Wildman–Crippen MR) is 94.7 cm³/mol. The molecule has 0 radical (unpaired) electrons. The molecule has 2 saturated heterocycles. The monoisotopic (exact) mass is 337 g/mol. The van der Waals surface area contributed by atoms with E-state index in [2.05, 4.69) is 4.90 Å². The van der Waals surface area contributed by atoms with Crippen LogP contribution in [0.1, 0.15) is 33.3 Å². The minimum Gasteiger partial charge on any atom is -0.399 e. The van der Waals surface area contributed by atoms with Crippen LogP contribution in [0.2, 0.25) is 0 Å². The van der Waals surface area contributed by atoms with E-state index in [4.69, 9.17) is 9.31 Å². The maximum atomic E-state index is 14.1. The number of benzene rings is 1. The third-order valence-electron chi connectivity index (χ3n) is 5.02. The number of nitrogens with zero attached hydrogens (tertiary/aromatic N) is 1. The van der Waals surface area contributed by atoms with Crippen molar-refractivity contribution in [1.82, 2.24) is 4.90 Å². The Morgan fingerprint density at radius 1 is 1.09 bits per heavy atom. The summed E-state index contributed by atoms with van der Waals surface area (Å²) in [6.45, 7) is 11.0. The molecule has 2 aliphatic heterocycles. The normalized spacial score (nSPS) is 24.1. The standard InChI is InChI=1S/C17H25BFNO2S/c1-16(2)17(3,4)22-18(21-16)14-9-13(10-15(19)11-14)12-20-5-7-23-8-6-20/h9-11H,5-8,12H2,1-4H3. The third kappa shape index (κ3) is 3.76. The lowest BCUT2D eigenvalue weighted by molar-refractivity contribution is 0.00578. The highest BCUT2D eigenvalue weighted by molar-refractivity contribution is 7.99. The van der Waals surface area contributed by atoms with Crippen LogP contribution in [0.25, 0.3) is 0 Å². The first-order valence-electron chi connectivity index (χ1n) is 8.22. The fourth-order valence-electron chi connectivity index (χ4n) is 2.90. The second kappa shape index (κ2) is 6.39. The molecule has 3 nitrogen and oxygen atoms in total. The molecular weight excluding hydrogens is 312 g/mol. The van der Waals surface area contributed by atoms with Crippen LogP contribution >= 0.6 is 11.8 Å². The molecule has 0 aliphatic carbocycles. The Morgan fingerprint density at radius 2 is 1.70 bits per heavy atom. The second-order valence-corrected chi connectivity index (χ2v) is 8.59. The van der Waals surface area contributed by atoms with E-state index in [0.717, 1.165) is 42.2 Å². The van der Waals surface area contributed by atoms with Crippen LogP contribution in [-0.4, -0.2) is 47.8 Å². The number of rotatable bonds is 3. The highest BCUT2D eigenvalue weighted by atomic mass is 32.2. The van der Waals surface area contributed by atoms with Crippen molar-refractivity contribution in [1.29, 1.82) is 0 Å². The molecule has 0 atom stereocenters. The molecule has 2 fully saturated rings. The lowest BCUT2D eigenvalue weighted by Gasteiger charge is -2.32. The Bertz CT molecular complexity index is 560. The van der Waals surface area contributed by atoms with E-state index in [-0.39, 0.29) is 5.82 Å². The van der Waals surface area contributed by atoms with Crippen molar-refractivity contribution in [3.05, 3.63) is 29.6 Å². The fraction of sp³-hybridized carbons (Fsp3) is 0.647. The third-order valence-corrected chi connectivity index (χ3v) is 5.96. The summed E-state index contributed by atoms with van der Waals surface area (Å²) in [5, 5.41) is 0. The molecule has 126 valence electrons. The van der Waals surface area contributed by atoms with Gasteiger partial charge in [-0.05, 0) is 50.9 Å². The Morgan fingerprint density at radius 3 is 2.30 bits per heavy atom. The van der Waals surface area contributed by atoms with Crippen molar-refractivity contribution in [3.63, 3.8) is 0 Å². The van der Waals surface area contributed by atoms with Gasteiger partial charge in [0.1, 0.15) is 5.82 Å². The molecule has 0 saturated carbocycles. The van der Waals surface area contributed by atoms with Crippen LogP contribution in [-0.2, 0) is 15.9 Å². The average Bonchev–Trinajstić information content (AvgIpc) is 2.68. The first-order chi connectivity index (χ1) is 10.8. The van der Waals surface area contributed by atoms with Crippen LogP contribution in [0.15, 0.2) is 18.2 Å². The van der Waals surface area contributed by atoms with Gasteiger partial charge < -0.3 is 9.31 Å². The molecule has 0 unspecified atom stereocenters. The summed E-state index contributed by atoms with van der Waals surface area (Å²) in [6, 6.07) is 5.17. The SMILES string of the molecule is CC1(C)OB(c2cc(F)cc(CN3CCSCC3)c2)OC1(C)C. The summed E-state index contributed by atoms with van der Waals surface area (Å²) in [6.07, 6.45) is 0. The van der Waals surface area contributed by atoms with Gasteiger partial charge in [0.25, 0.3) is 0 Å². The molecule has 23 heavy (non-hydrogen) atoms. The van der Waals surface area contributed by atoms with Crippen LogP contribution in [0.4, 0.5) is 4.39 Å². The molecule has 1 aromatic carbocycles. The molecule has 6 heteroatoms. The van der Waals surface area contributed by atoms with Gasteiger partial charge in [0.2, 0.25) is 0 Å². The summed E-state index contributed by atoms with van der Waals surface area (Å²) in [5.74, 6) is 2.08. The Kier molecular flexibility index (Phi) is 4.80. The molecule has 2 aliphatic rings. The van der Waals surface area contributed by atoms with Gasteiger partial charge in [0.05, 0.1) is 11.2 Å². The van der Waals surface area contributed by atoms with E-state index < -0.39 is 18.3 Å². The van der Waals surface area contributed by atoms with Crippen LogP contribution in [0.3, 0.4) is 0 Å². The van der Waals surface area contributed by atoms with Gasteiger partial charge in [0, 0.05) is 31.1 Å². The molecule has 1 aromatic rings. The smallest absolute Gasteiger partial charge is 0.399 e. The molecule has 3 rings (SSSR count). The van der Waals surface area contributed by atoms with E-state index >= 15 is 0 Å². The summed E-state index contributed by atoms with van der Waals surface area (Å²) >= 11 is 1.98. The topological polar surface area (TPSA) is 21.7 Å². The maximum Gasteiger partial charge on any atom is 0.494 e. The fourth-order valence-corrected chi connectivity index (χ4v) is 3.88. The summed E-state index contributed by atoms with van der Waals surface area (Å²) in [7, 11) is -0.508. The van der Waals surface area contributed by atoms with Crippen molar-refractivity contribution in [3.8, 4) is 0 Å². The average molecular weight is 337 g/mol. The van der Waals surface area contributed by atoms with E-state index in [1.54, 1.807) is 6.07 Å². The van der Waals surface area contributed by atoms with Crippen molar-refractivity contribution in [2.45, 2.75) is 45.4 Å². The van der Waals surface area contributed by atoms with Gasteiger partial charge in [0.15, 0.2) is 0 Å². The van der Waals surface area contributed by atoms with Gasteiger partial charge in [-0.3, -0.25) is 4.90 Å². The van der Waals surface area contributed by atoms with E-state index in [1.807, 2.05) is 45.5 Å². The lowest BCUT2D eigenvalue weighted by Crippen LogP contribution is -2.41. The molecule has 0 bridgehead atoms. The number of hydrogen-bond donors (Lipinski definition) is 0. The molecular formula is C17H25BFNO2S. The van der Waals surface area contributed by atoms with Gasteiger partial charge >= 0.3 is 7.12 Å². The first kappa shape index (κ1) is 17.3. The summed E-state index contributed by atoms with van der Waals surface area (Å²) < 4.78 is 26.2. The molecule has 0 spiro atoms. The molecule has 0 aromatic heterocycles. The van der Waals surface area contributed by atoms with E-state index in [0.29, 0.717) is 0 Å². The van der Waals surface area contributed by atoms with Gasteiger partial charge in [-0.15, -0.1) is 0 Å². The Hall–Kier alpha value is -0.555. The Balaban J connectivity index is 1.78. The van der Waals surface area contributed by atoms with Crippen molar-refractivity contribution in [2.24, 2.45) is 0 Å². The molecule has 0 N–H and O–H groups in total. The zero-order chi connectivity index (χ0) is 16.7. The maximum absolute atomic E-state index is 14.1. The predicted octanol–water partition coefficient (Wildman–Crippen LogP) is 2.67. The van der Waals surface area contributed by atoms with Gasteiger partial charge in [-0.25, -0.2) is 4.39 Å². The zero-order valence-corrected chi connectivity index (χ0v) is 15.2. The number of halogens is 1. The van der Waals surface area contributed by atoms with Crippen LogP contribution in [0.5, 0.6) is 0 Å². The number of hydrogen-bond acceptors (Lipinski definition) is 4. The van der Waals surface area contributed by atoms with Crippen LogP contribution in [0, 0.1) is 5.82 Å². The van der Waals surface area contributed by atoms with Crippen molar-refractivity contribution < 1.29 is 13.7 Å². The van der Waals surface area contributed by atoms with Gasteiger partial charge in [-0.1, -0.05) is 6.07 Å². The van der Waals surface area contributed by atoms with E-state index in [9.17, 15) is 4.39 Å². The van der Waals surface area contributed by atoms with Crippen molar-refractivity contribution >= 4 is 24.3 Å².